The minimum Gasteiger partial charge on any atom is -0.486 e. The summed E-state index contributed by atoms with van der Waals surface area (Å²) in [5.74, 6) is 0.133. The summed E-state index contributed by atoms with van der Waals surface area (Å²) in [5, 5.41) is 3.06. The van der Waals surface area contributed by atoms with Gasteiger partial charge in [0.25, 0.3) is 5.91 Å². The fraction of sp³-hybridized carbons (Fsp3) is 0.222. The number of carbonyl (C=O) groups excluding carboxylic acids is 2. The van der Waals surface area contributed by atoms with Crippen LogP contribution in [-0.2, 0) is 9.59 Å². The van der Waals surface area contributed by atoms with E-state index < -0.39 is 11.9 Å². The van der Waals surface area contributed by atoms with Crippen molar-refractivity contribution >= 4 is 23.2 Å². The highest BCUT2D eigenvalue weighted by molar-refractivity contribution is 6.23. The average Bonchev–Trinajstić information content (AvgIpc) is 2.89. The molecule has 0 aromatic heterocycles. The first-order chi connectivity index (χ1) is 12.1. The van der Waals surface area contributed by atoms with Gasteiger partial charge in [-0.2, -0.15) is 0 Å². The summed E-state index contributed by atoms with van der Waals surface area (Å²) in [6.07, 6.45) is 0.0324. The van der Waals surface area contributed by atoms with Crippen LogP contribution in [0.5, 0.6) is 11.5 Å². The maximum atomic E-state index is 13.0. The van der Waals surface area contributed by atoms with Gasteiger partial charge in [-0.15, -0.1) is 0 Å². The molecule has 2 aliphatic heterocycles. The van der Waals surface area contributed by atoms with Crippen LogP contribution < -0.4 is 19.7 Å². The van der Waals surface area contributed by atoms with Crippen LogP contribution in [0.25, 0.3) is 0 Å². The first-order valence-electron chi connectivity index (χ1n) is 7.90. The first-order valence-corrected chi connectivity index (χ1v) is 7.90. The molecule has 128 valence electrons. The Balaban J connectivity index is 1.53. The number of nitrogens with zero attached hydrogens (tertiary/aromatic N) is 1. The molecule has 0 aliphatic carbocycles. The van der Waals surface area contributed by atoms with E-state index in [1.54, 1.807) is 18.2 Å². The minimum atomic E-state index is -0.680. The molecule has 25 heavy (non-hydrogen) atoms. The number of benzene rings is 2. The number of carbonyl (C=O) groups is 2. The summed E-state index contributed by atoms with van der Waals surface area (Å²) in [5.41, 5.74) is 1.03. The van der Waals surface area contributed by atoms with Gasteiger partial charge >= 0.3 is 0 Å². The first kappa shape index (κ1) is 15.4. The van der Waals surface area contributed by atoms with Crippen molar-refractivity contribution in [3.63, 3.8) is 0 Å². The van der Waals surface area contributed by atoms with Crippen molar-refractivity contribution in [2.24, 2.45) is 0 Å². The molecule has 4 rings (SSSR count). The Morgan fingerprint density at radius 3 is 2.48 bits per heavy atom. The molecule has 6 nitrogen and oxygen atoms in total. The highest BCUT2D eigenvalue weighted by Crippen LogP contribution is 2.33. The van der Waals surface area contributed by atoms with Crippen molar-refractivity contribution in [1.29, 1.82) is 0 Å². The zero-order valence-corrected chi connectivity index (χ0v) is 13.2. The number of ether oxygens (including phenoxy) is 2. The summed E-state index contributed by atoms with van der Waals surface area (Å²) < 4.78 is 24.0. The fourth-order valence-electron chi connectivity index (χ4n) is 2.94. The summed E-state index contributed by atoms with van der Waals surface area (Å²) in [6.45, 7) is 0.970. The molecule has 0 radical (unpaired) electrons. The summed E-state index contributed by atoms with van der Waals surface area (Å²) in [6, 6.07) is 9.86. The molecule has 0 saturated carbocycles. The van der Waals surface area contributed by atoms with Gasteiger partial charge in [0, 0.05) is 11.8 Å². The van der Waals surface area contributed by atoms with E-state index in [-0.39, 0.29) is 18.2 Å². The summed E-state index contributed by atoms with van der Waals surface area (Å²) >= 11 is 0. The topological polar surface area (TPSA) is 67.9 Å². The van der Waals surface area contributed by atoms with Crippen molar-refractivity contribution < 1.29 is 23.5 Å². The maximum absolute atomic E-state index is 13.0. The van der Waals surface area contributed by atoms with Crippen LogP contribution in [0.1, 0.15) is 6.42 Å². The van der Waals surface area contributed by atoms with Gasteiger partial charge in [0.1, 0.15) is 25.1 Å². The van der Waals surface area contributed by atoms with E-state index in [9.17, 15) is 14.0 Å². The average molecular weight is 342 g/mol. The molecule has 2 aromatic carbocycles. The van der Waals surface area contributed by atoms with Crippen LogP contribution in [-0.4, -0.2) is 31.1 Å². The van der Waals surface area contributed by atoms with Gasteiger partial charge in [-0.05, 0) is 36.4 Å². The zero-order valence-electron chi connectivity index (χ0n) is 13.2. The molecule has 1 N–H and O–H groups in total. The number of rotatable bonds is 3. The van der Waals surface area contributed by atoms with Gasteiger partial charge in [0.15, 0.2) is 11.5 Å². The Morgan fingerprint density at radius 1 is 1.00 bits per heavy atom. The Morgan fingerprint density at radius 2 is 1.72 bits per heavy atom. The van der Waals surface area contributed by atoms with E-state index in [4.69, 9.17) is 9.47 Å². The predicted molar refractivity (Wildman–Crippen MR) is 88.4 cm³/mol. The van der Waals surface area contributed by atoms with Crippen molar-refractivity contribution in [2.45, 2.75) is 12.5 Å². The largest absolute Gasteiger partial charge is 0.486 e. The number of imide groups is 1. The third-order valence-corrected chi connectivity index (χ3v) is 4.11. The second-order valence-corrected chi connectivity index (χ2v) is 5.80. The third-order valence-electron chi connectivity index (χ3n) is 4.11. The van der Waals surface area contributed by atoms with Crippen molar-refractivity contribution in [3.8, 4) is 11.5 Å². The van der Waals surface area contributed by atoms with Crippen LogP contribution in [0.2, 0.25) is 0 Å². The SMILES string of the molecule is O=C1C[C@H](Nc2ccc3c(c2)OCCO3)C(=O)N1c1ccc(F)cc1. The molecule has 0 bridgehead atoms. The van der Waals surface area contributed by atoms with Gasteiger partial charge < -0.3 is 14.8 Å². The van der Waals surface area contributed by atoms with E-state index in [1.807, 2.05) is 0 Å². The molecule has 7 heteroatoms. The van der Waals surface area contributed by atoms with Crippen LogP contribution >= 0.6 is 0 Å². The van der Waals surface area contributed by atoms with E-state index in [0.29, 0.717) is 36.1 Å². The Hall–Kier alpha value is -3.09. The number of hydrogen-bond acceptors (Lipinski definition) is 5. The molecule has 2 aromatic rings. The van der Waals surface area contributed by atoms with Crippen LogP contribution in [0.4, 0.5) is 15.8 Å². The van der Waals surface area contributed by atoms with E-state index >= 15 is 0 Å². The molecular formula is C18H15FN2O4. The lowest BCUT2D eigenvalue weighted by Gasteiger charge is -2.20. The maximum Gasteiger partial charge on any atom is 0.256 e. The molecule has 2 amide bonds. The lowest BCUT2D eigenvalue weighted by molar-refractivity contribution is -0.121. The molecule has 1 atom stereocenters. The standard InChI is InChI=1S/C18H15FN2O4/c19-11-1-4-13(5-2-11)21-17(22)10-14(18(21)23)20-12-3-6-15-16(9-12)25-8-7-24-15/h1-6,9,14,20H,7-8,10H2/t14-/m0/s1. The highest BCUT2D eigenvalue weighted by Gasteiger charge is 2.39. The van der Waals surface area contributed by atoms with Gasteiger partial charge in [-0.1, -0.05) is 0 Å². The molecule has 2 heterocycles. The summed E-state index contributed by atoms with van der Waals surface area (Å²) in [7, 11) is 0. The number of anilines is 2. The molecule has 0 spiro atoms. The van der Waals surface area contributed by atoms with Crippen LogP contribution in [0, 0.1) is 5.82 Å². The van der Waals surface area contributed by atoms with Crippen molar-refractivity contribution in [1.82, 2.24) is 0 Å². The fourth-order valence-corrected chi connectivity index (χ4v) is 2.94. The van der Waals surface area contributed by atoms with Gasteiger partial charge in [0.2, 0.25) is 5.91 Å². The number of fused-ring (bicyclic) bond motifs is 1. The van der Waals surface area contributed by atoms with Crippen molar-refractivity contribution in [3.05, 3.63) is 48.3 Å². The lowest BCUT2D eigenvalue weighted by Crippen LogP contribution is -2.34. The Bertz CT molecular complexity index is 837. The van der Waals surface area contributed by atoms with Crippen LogP contribution in [0.3, 0.4) is 0 Å². The van der Waals surface area contributed by atoms with Gasteiger partial charge in [-0.25, -0.2) is 9.29 Å². The molecule has 0 unspecified atom stereocenters. The van der Waals surface area contributed by atoms with Crippen LogP contribution in [0.15, 0.2) is 42.5 Å². The Kier molecular flexibility index (Phi) is 3.76. The van der Waals surface area contributed by atoms with Gasteiger partial charge in [-0.3, -0.25) is 9.59 Å². The Labute approximate surface area is 143 Å². The number of amides is 2. The number of halogens is 1. The second-order valence-electron chi connectivity index (χ2n) is 5.80. The lowest BCUT2D eigenvalue weighted by atomic mass is 10.2. The van der Waals surface area contributed by atoms with E-state index in [0.717, 1.165) is 4.90 Å². The summed E-state index contributed by atoms with van der Waals surface area (Å²) in [4.78, 5) is 25.9. The second kappa shape index (κ2) is 6.08. The predicted octanol–water partition coefficient (Wildman–Crippen LogP) is 2.34. The quantitative estimate of drug-likeness (QED) is 0.867. The molecular weight excluding hydrogens is 327 g/mol. The highest BCUT2D eigenvalue weighted by atomic mass is 19.1. The van der Waals surface area contributed by atoms with Crippen molar-refractivity contribution in [2.75, 3.05) is 23.4 Å². The molecule has 2 aliphatic rings. The smallest absolute Gasteiger partial charge is 0.256 e. The number of nitrogens with one attached hydrogen (secondary N) is 1. The van der Waals surface area contributed by atoms with Gasteiger partial charge in [0.05, 0.1) is 12.1 Å². The third kappa shape index (κ3) is 2.88. The zero-order chi connectivity index (χ0) is 17.4. The minimum absolute atomic E-state index is 0.0324. The number of hydrogen-bond donors (Lipinski definition) is 1. The van der Waals surface area contributed by atoms with E-state index in [2.05, 4.69) is 5.32 Å². The molecule has 1 saturated heterocycles. The molecule has 1 fully saturated rings. The monoisotopic (exact) mass is 342 g/mol. The normalized spacial score (nSPS) is 19.2. The van der Waals surface area contributed by atoms with E-state index in [1.165, 1.54) is 24.3 Å².